The monoisotopic (exact) mass is 275 g/mol. The van der Waals surface area contributed by atoms with Crippen molar-refractivity contribution in [1.29, 1.82) is 0 Å². The van der Waals surface area contributed by atoms with E-state index in [0.29, 0.717) is 17.3 Å². The van der Waals surface area contributed by atoms with E-state index in [-0.39, 0.29) is 11.9 Å². The lowest BCUT2D eigenvalue weighted by atomic mass is 10.1. The molecule has 3 N–H and O–H groups in total. The van der Waals surface area contributed by atoms with Crippen LogP contribution < -0.4 is 10.6 Å². The van der Waals surface area contributed by atoms with Crippen molar-refractivity contribution in [3.05, 3.63) is 29.6 Å². The van der Waals surface area contributed by atoms with Crippen LogP contribution in [0, 0.1) is 12.7 Å². The molecule has 2 aromatic rings. The summed E-state index contributed by atoms with van der Waals surface area (Å²) in [6, 6.07) is 5.23. The summed E-state index contributed by atoms with van der Waals surface area (Å²) in [7, 11) is 0. The number of nitrogens with two attached hydrogens (primary N) is 1. The topological polar surface area (TPSA) is 70.8 Å². The standard InChI is InChI=1S/C14H18FN5/c1-9-4-5-11(12(15)7-9)13-17-14(19-18-13)20-6-2-3-10(16)8-20/h4-5,7,10H,2-3,6,8,16H2,1H3,(H,17,18,19). The number of nitrogens with one attached hydrogen (secondary N) is 1. The zero-order chi connectivity index (χ0) is 14.1. The van der Waals surface area contributed by atoms with Gasteiger partial charge in [-0.1, -0.05) is 6.07 Å². The van der Waals surface area contributed by atoms with Crippen LogP contribution in [-0.4, -0.2) is 34.3 Å². The van der Waals surface area contributed by atoms with E-state index in [0.717, 1.165) is 31.5 Å². The van der Waals surface area contributed by atoms with Crippen molar-refractivity contribution in [3.8, 4) is 11.4 Å². The lowest BCUT2D eigenvalue weighted by Crippen LogP contribution is -2.43. The van der Waals surface area contributed by atoms with Crippen LogP contribution in [0.5, 0.6) is 0 Å². The third-order valence-electron chi connectivity index (χ3n) is 3.59. The minimum atomic E-state index is -0.289. The Kier molecular flexibility index (Phi) is 3.40. The highest BCUT2D eigenvalue weighted by atomic mass is 19.1. The number of aromatic amines is 1. The molecule has 0 saturated carbocycles. The molecule has 0 radical (unpaired) electrons. The van der Waals surface area contributed by atoms with E-state index in [4.69, 9.17) is 5.73 Å². The highest BCUT2D eigenvalue weighted by Gasteiger charge is 2.21. The first kappa shape index (κ1) is 13.1. The van der Waals surface area contributed by atoms with E-state index < -0.39 is 0 Å². The number of nitrogens with zero attached hydrogens (tertiary/aromatic N) is 3. The number of benzene rings is 1. The normalized spacial score (nSPS) is 19.4. The average Bonchev–Trinajstić information content (AvgIpc) is 2.88. The maximum atomic E-state index is 13.9. The number of hydrogen-bond donors (Lipinski definition) is 2. The van der Waals surface area contributed by atoms with Gasteiger partial charge in [0.1, 0.15) is 5.82 Å². The first-order valence-electron chi connectivity index (χ1n) is 6.83. The zero-order valence-electron chi connectivity index (χ0n) is 11.4. The maximum absolute atomic E-state index is 13.9. The molecular formula is C14H18FN5. The number of rotatable bonds is 2. The molecule has 6 heteroatoms. The molecule has 106 valence electrons. The molecule has 0 spiro atoms. The number of piperidine rings is 1. The van der Waals surface area contributed by atoms with Crippen LogP contribution in [0.2, 0.25) is 0 Å². The summed E-state index contributed by atoms with van der Waals surface area (Å²) < 4.78 is 13.9. The Morgan fingerprint density at radius 2 is 2.30 bits per heavy atom. The molecule has 0 aliphatic carbocycles. The smallest absolute Gasteiger partial charge is 0.245 e. The number of hydrogen-bond acceptors (Lipinski definition) is 4. The van der Waals surface area contributed by atoms with E-state index in [2.05, 4.69) is 15.2 Å². The lowest BCUT2D eigenvalue weighted by Gasteiger charge is -2.29. The molecule has 1 aromatic heterocycles. The molecule has 1 unspecified atom stereocenters. The minimum Gasteiger partial charge on any atom is -0.338 e. The van der Waals surface area contributed by atoms with Crippen LogP contribution in [-0.2, 0) is 0 Å². The summed E-state index contributed by atoms with van der Waals surface area (Å²) in [5, 5.41) is 6.99. The Morgan fingerprint density at radius 3 is 3.05 bits per heavy atom. The maximum Gasteiger partial charge on any atom is 0.245 e. The van der Waals surface area contributed by atoms with Gasteiger partial charge in [-0.3, -0.25) is 5.10 Å². The van der Waals surface area contributed by atoms with Gasteiger partial charge in [0.25, 0.3) is 0 Å². The molecule has 1 fully saturated rings. The fraction of sp³-hybridized carbons (Fsp3) is 0.429. The summed E-state index contributed by atoms with van der Waals surface area (Å²) in [6.07, 6.45) is 2.06. The van der Waals surface area contributed by atoms with Crippen LogP contribution in [0.4, 0.5) is 10.3 Å². The first-order valence-corrected chi connectivity index (χ1v) is 6.83. The van der Waals surface area contributed by atoms with Gasteiger partial charge in [0, 0.05) is 19.1 Å². The SMILES string of the molecule is Cc1ccc(-c2nc(N3CCCC(N)C3)n[nH]2)c(F)c1. The van der Waals surface area contributed by atoms with Crippen LogP contribution in [0.15, 0.2) is 18.2 Å². The minimum absolute atomic E-state index is 0.154. The quantitative estimate of drug-likeness (QED) is 0.877. The summed E-state index contributed by atoms with van der Waals surface area (Å²) in [4.78, 5) is 6.43. The van der Waals surface area contributed by atoms with Crippen molar-refractivity contribution >= 4 is 5.95 Å². The Bertz CT molecular complexity index is 609. The van der Waals surface area contributed by atoms with Gasteiger partial charge >= 0.3 is 0 Å². The second kappa shape index (κ2) is 5.20. The van der Waals surface area contributed by atoms with Crippen LogP contribution >= 0.6 is 0 Å². The van der Waals surface area contributed by atoms with Gasteiger partial charge in [0.05, 0.1) is 5.56 Å². The van der Waals surface area contributed by atoms with Crippen molar-refractivity contribution < 1.29 is 4.39 Å². The molecular weight excluding hydrogens is 257 g/mol. The second-order valence-corrected chi connectivity index (χ2v) is 5.32. The summed E-state index contributed by atoms with van der Waals surface area (Å²) in [5.41, 5.74) is 7.28. The third-order valence-corrected chi connectivity index (χ3v) is 3.59. The molecule has 1 aliphatic rings. The molecule has 1 aliphatic heterocycles. The molecule has 0 bridgehead atoms. The van der Waals surface area contributed by atoms with Gasteiger partial charge in [0.2, 0.25) is 5.95 Å². The van der Waals surface area contributed by atoms with E-state index in [9.17, 15) is 4.39 Å². The Hall–Kier alpha value is -1.95. The molecule has 1 aromatic carbocycles. The predicted octanol–water partition coefficient (Wildman–Crippen LogP) is 1.85. The fourth-order valence-electron chi connectivity index (χ4n) is 2.52. The third kappa shape index (κ3) is 2.51. The molecule has 5 nitrogen and oxygen atoms in total. The van der Waals surface area contributed by atoms with Crippen LogP contribution in [0.1, 0.15) is 18.4 Å². The number of anilines is 1. The largest absolute Gasteiger partial charge is 0.338 e. The summed E-state index contributed by atoms with van der Waals surface area (Å²) >= 11 is 0. The summed E-state index contributed by atoms with van der Waals surface area (Å²) in [6.45, 7) is 3.49. The highest BCUT2D eigenvalue weighted by Crippen LogP contribution is 2.23. The van der Waals surface area contributed by atoms with Crippen molar-refractivity contribution in [2.45, 2.75) is 25.8 Å². The number of aryl methyl sites for hydroxylation is 1. The summed E-state index contributed by atoms with van der Waals surface area (Å²) in [5.74, 6) is 0.759. The van der Waals surface area contributed by atoms with Crippen molar-refractivity contribution in [2.75, 3.05) is 18.0 Å². The van der Waals surface area contributed by atoms with Crippen LogP contribution in [0.3, 0.4) is 0 Å². The van der Waals surface area contributed by atoms with E-state index in [1.807, 2.05) is 17.9 Å². The molecule has 20 heavy (non-hydrogen) atoms. The van der Waals surface area contributed by atoms with E-state index in [1.54, 1.807) is 6.07 Å². The van der Waals surface area contributed by atoms with Gasteiger partial charge in [-0.25, -0.2) is 4.39 Å². The second-order valence-electron chi connectivity index (χ2n) is 5.32. The molecule has 3 rings (SSSR count). The van der Waals surface area contributed by atoms with E-state index >= 15 is 0 Å². The Labute approximate surface area is 117 Å². The molecule has 1 atom stereocenters. The van der Waals surface area contributed by atoms with E-state index in [1.165, 1.54) is 6.07 Å². The average molecular weight is 275 g/mol. The first-order chi connectivity index (χ1) is 9.63. The van der Waals surface area contributed by atoms with Crippen molar-refractivity contribution in [2.24, 2.45) is 5.73 Å². The Morgan fingerprint density at radius 1 is 1.45 bits per heavy atom. The molecule has 2 heterocycles. The van der Waals surface area contributed by atoms with Gasteiger partial charge in [-0.05, 0) is 37.5 Å². The Balaban J connectivity index is 1.86. The number of halogens is 1. The molecule has 1 saturated heterocycles. The van der Waals surface area contributed by atoms with Crippen molar-refractivity contribution in [1.82, 2.24) is 15.2 Å². The lowest BCUT2D eigenvalue weighted by molar-refractivity contribution is 0.500. The van der Waals surface area contributed by atoms with Crippen molar-refractivity contribution in [3.63, 3.8) is 0 Å². The van der Waals surface area contributed by atoms with Gasteiger partial charge in [-0.15, -0.1) is 5.10 Å². The highest BCUT2D eigenvalue weighted by molar-refractivity contribution is 5.57. The molecule has 0 amide bonds. The van der Waals surface area contributed by atoms with Gasteiger partial charge in [0.15, 0.2) is 5.82 Å². The number of aromatic nitrogens is 3. The zero-order valence-corrected chi connectivity index (χ0v) is 11.4. The van der Waals surface area contributed by atoms with Crippen LogP contribution in [0.25, 0.3) is 11.4 Å². The predicted molar refractivity (Wildman–Crippen MR) is 75.9 cm³/mol. The van der Waals surface area contributed by atoms with Gasteiger partial charge in [-0.2, -0.15) is 4.98 Å². The number of H-pyrrole nitrogens is 1. The van der Waals surface area contributed by atoms with Gasteiger partial charge < -0.3 is 10.6 Å². The fourth-order valence-corrected chi connectivity index (χ4v) is 2.52.